The van der Waals surface area contributed by atoms with E-state index in [1.807, 2.05) is 38.1 Å². The van der Waals surface area contributed by atoms with Gasteiger partial charge in [0.05, 0.1) is 5.69 Å². The molecule has 0 spiro atoms. The molecule has 27 heavy (non-hydrogen) atoms. The number of azo groups is 1. The van der Waals surface area contributed by atoms with Crippen LogP contribution in [0.25, 0.3) is 0 Å². The highest BCUT2D eigenvalue weighted by Gasteiger charge is 2.25. The van der Waals surface area contributed by atoms with Crippen LogP contribution in [-0.4, -0.2) is 9.67 Å². The molecular formula is C21H24N4O2. The van der Waals surface area contributed by atoms with Gasteiger partial charge in [-0.1, -0.05) is 25.3 Å². The zero-order valence-electron chi connectivity index (χ0n) is 16.0. The lowest BCUT2D eigenvalue weighted by Gasteiger charge is -2.25. The number of hydrogen-bond donors (Lipinski definition) is 1. The van der Waals surface area contributed by atoms with E-state index >= 15 is 0 Å². The predicted molar refractivity (Wildman–Crippen MR) is 104 cm³/mol. The van der Waals surface area contributed by atoms with Crippen molar-refractivity contribution < 1.29 is 5.11 Å². The van der Waals surface area contributed by atoms with Gasteiger partial charge < -0.3 is 5.11 Å². The van der Waals surface area contributed by atoms with E-state index in [4.69, 9.17) is 0 Å². The van der Waals surface area contributed by atoms with Crippen LogP contribution >= 0.6 is 0 Å². The number of pyridine rings is 1. The number of aromatic hydroxyl groups is 1. The first kappa shape index (κ1) is 18.8. The number of nitrogens with zero attached hydrogens (tertiary/aromatic N) is 4. The molecule has 1 saturated carbocycles. The Balaban J connectivity index is 2.11. The first-order valence-corrected chi connectivity index (χ1v) is 9.31. The Hall–Kier alpha value is -2.94. The fourth-order valence-corrected chi connectivity index (χ4v) is 3.60. The van der Waals surface area contributed by atoms with Crippen molar-refractivity contribution in [2.24, 2.45) is 10.2 Å². The molecule has 0 radical (unpaired) electrons. The topological polar surface area (TPSA) is 90.7 Å². The van der Waals surface area contributed by atoms with Gasteiger partial charge in [0.25, 0.3) is 5.56 Å². The summed E-state index contributed by atoms with van der Waals surface area (Å²) in [6, 6.07) is 7.61. The number of nitriles is 1. The highest BCUT2D eigenvalue weighted by Crippen LogP contribution is 2.34. The molecule has 0 atom stereocenters. The summed E-state index contributed by atoms with van der Waals surface area (Å²) in [6.07, 6.45) is 4.77. The van der Waals surface area contributed by atoms with Gasteiger partial charge in [0.15, 0.2) is 5.69 Å². The second-order valence-electron chi connectivity index (χ2n) is 7.22. The maximum Gasteiger partial charge on any atom is 0.281 e. The zero-order chi connectivity index (χ0) is 19.6. The van der Waals surface area contributed by atoms with Crippen molar-refractivity contribution in [3.05, 3.63) is 50.8 Å². The van der Waals surface area contributed by atoms with Gasteiger partial charge in [0.2, 0.25) is 5.88 Å². The molecule has 0 saturated heterocycles. The van der Waals surface area contributed by atoms with Crippen LogP contribution in [0, 0.1) is 32.1 Å². The number of benzene rings is 1. The average Bonchev–Trinajstić information content (AvgIpc) is 2.65. The minimum absolute atomic E-state index is 0.0919. The van der Waals surface area contributed by atoms with E-state index in [0.717, 1.165) is 43.2 Å². The van der Waals surface area contributed by atoms with Crippen molar-refractivity contribution in [1.82, 2.24) is 4.57 Å². The summed E-state index contributed by atoms with van der Waals surface area (Å²) in [5.41, 5.74) is 3.07. The number of aromatic nitrogens is 1. The summed E-state index contributed by atoms with van der Waals surface area (Å²) in [4.78, 5) is 13.1. The zero-order valence-corrected chi connectivity index (χ0v) is 16.0. The molecule has 6 heteroatoms. The second kappa shape index (κ2) is 7.75. The molecule has 1 fully saturated rings. The molecule has 0 bridgehead atoms. The molecule has 3 rings (SSSR count). The van der Waals surface area contributed by atoms with Crippen LogP contribution < -0.4 is 5.56 Å². The van der Waals surface area contributed by atoms with Crippen molar-refractivity contribution in [3.63, 3.8) is 0 Å². The number of hydrogen-bond acceptors (Lipinski definition) is 5. The predicted octanol–water partition coefficient (Wildman–Crippen LogP) is 5.27. The Morgan fingerprint density at radius 1 is 1.11 bits per heavy atom. The molecule has 140 valence electrons. The Labute approximate surface area is 158 Å². The van der Waals surface area contributed by atoms with E-state index in [9.17, 15) is 15.2 Å². The van der Waals surface area contributed by atoms with Gasteiger partial charge in [-0.2, -0.15) is 10.4 Å². The summed E-state index contributed by atoms with van der Waals surface area (Å²) in [5.74, 6) is -0.253. The molecule has 2 aromatic rings. The molecule has 1 N–H and O–H groups in total. The van der Waals surface area contributed by atoms with Crippen LogP contribution in [0.2, 0.25) is 0 Å². The van der Waals surface area contributed by atoms with Crippen LogP contribution in [0.5, 0.6) is 5.88 Å². The van der Waals surface area contributed by atoms with Crippen LogP contribution in [-0.2, 0) is 0 Å². The summed E-state index contributed by atoms with van der Waals surface area (Å²) >= 11 is 0. The van der Waals surface area contributed by atoms with Crippen molar-refractivity contribution in [2.45, 2.75) is 58.9 Å². The quantitative estimate of drug-likeness (QED) is 0.752. The molecule has 1 heterocycles. The SMILES string of the molecule is Cc1ccc(N=Nc2c(C)c(C#N)c(O)n(C3CCCCC3)c2=O)cc1C. The van der Waals surface area contributed by atoms with Gasteiger partial charge in [0.1, 0.15) is 11.6 Å². The fraction of sp³-hybridized carbons (Fsp3) is 0.429. The minimum Gasteiger partial charge on any atom is -0.493 e. The molecule has 1 aromatic carbocycles. The van der Waals surface area contributed by atoms with E-state index < -0.39 is 0 Å². The molecule has 0 amide bonds. The Morgan fingerprint density at radius 3 is 2.44 bits per heavy atom. The van der Waals surface area contributed by atoms with E-state index in [0.29, 0.717) is 11.3 Å². The summed E-state index contributed by atoms with van der Waals surface area (Å²) in [6.45, 7) is 5.63. The molecule has 0 aliphatic heterocycles. The Kier molecular flexibility index (Phi) is 5.41. The molecule has 0 unspecified atom stereocenters. The molecular weight excluding hydrogens is 340 g/mol. The number of aryl methyl sites for hydroxylation is 2. The van der Waals surface area contributed by atoms with Crippen LogP contribution in [0.1, 0.15) is 60.4 Å². The monoisotopic (exact) mass is 364 g/mol. The minimum atomic E-state index is -0.386. The van der Waals surface area contributed by atoms with Crippen LogP contribution in [0.3, 0.4) is 0 Å². The molecule has 1 aromatic heterocycles. The summed E-state index contributed by atoms with van der Waals surface area (Å²) < 4.78 is 1.35. The van der Waals surface area contributed by atoms with Crippen molar-refractivity contribution in [3.8, 4) is 11.9 Å². The summed E-state index contributed by atoms with van der Waals surface area (Å²) in [5, 5.41) is 28.4. The standard InChI is InChI=1S/C21H24N4O2/c1-13-9-10-16(11-14(13)2)23-24-19-15(3)18(12-22)20(26)25(21(19)27)17-7-5-4-6-8-17/h9-11,17,26H,4-8H2,1-3H3. The lowest BCUT2D eigenvalue weighted by molar-refractivity contribution is 0.303. The molecule has 1 aliphatic carbocycles. The van der Waals surface area contributed by atoms with Crippen LogP contribution in [0.4, 0.5) is 11.4 Å². The third-order valence-electron chi connectivity index (χ3n) is 5.41. The maximum absolute atomic E-state index is 13.1. The maximum atomic E-state index is 13.1. The van der Waals surface area contributed by atoms with Gasteiger partial charge in [-0.25, -0.2) is 0 Å². The van der Waals surface area contributed by atoms with Crippen molar-refractivity contribution >= 4 is 11.4 Å². The van der Waals surface area contributed by atoms with E-state index in [1.165, 1.54) is 4.57 Å². The van der Waals surface area contributed by atoms with Crippen LogP contribution in [0.15, 0.2) is 33.2 Å². The third-order valence-corrected chi connectivity index (χ3v) is 5.41. The normalized spacial score (nSPS) is 15.2. The Morgan fingerprint density at radius 2 is 1.81 bits per heavy atom. The van der Waals surface area contributed by atoms with Gasteiger partial charge in [0, 0.05) is 11.6 Å². The van der Waals surface area contributed by atoms with Gasteiger partial charge in [-0.05, 0) is 56.9 Å². The van der Waals surface area contributed by atoms with Gasteiger partial charge in [-0.3, -0.25) is 9.36 Å². The fourth-order valence-electron chi connectivity index (χ4n) is 3.60. The Bertz CT molecular complexity index is 993. The molecule has 1 aliphatic rings. The highest BCUT2D eigenvalue weighted by atomic mass is 16.3. The third kappa shape index (κ3) is 3.63. The lowest BCUT2D eigenvalue weighted by Crippen LogP contribution is -2.27. The van der Waals surface area contributed by atoms with E-state index in [1.54, 1.807) is 6.92 Å². The van der Waals surface area contributed by atoms with Crippen molar-refractivity contribution in [1.29, 1.82) is 5.26 Å². The number of rotatable bonds is 3. The summed E-state index contributed by atoms with van der Waals surface area (Å²) in [7, 11) is 0. The lowest BCUT2D eigenvalue weighted by atomic mass is 9.94. The van der Waals surface area contributed by atoms with Crippen molar-refractivity contribution in [2.75, 3.05) is 0 Å². The first-order valence-electron chi connectivity index (χ1n) is 9.31. The average molecular weight is 364 g/mol. The van der Waals surface area contributed by atoms with Gasteiger partial charge in [-0.15, -0.1) is 5.11 Å². The largest absolute Gasteiger partial charge is 0.493 e. The van der Waals surface area contributed by atoms with Gasteiger partial charge >= 0.3 is 0 Å². The van der Waals surface area contributed by atoms with E-state index in [2.05, 4.69) is 10.2 Å². The highest BCUT2D eigenvalue weighted by molar-refractivity contribution is 5.57. The first-order chi connectivity index (χ1) is 12.9. The smallest absolute Gasteiger partial charge is 0.281 e. The molecule has 6 nitrogen and oxygen atoms in total. The second-order valence-corrected chi connectivity index (χ2v) is 7.22. The van der Waals surface area contributed by atoms with E-state index in [-0.39, 0.29) is 28.7 Å².